The number of alkyl halides is 6. The van der Waals surface area contributed by atoms with Gasteiger partial charge in [-0.3, -0.25) is 14.2 Å². The number of halogens is 7. The number of carbonyl (C=O) groups excluding carboxylic acids is 2. The van der Waals surface area contributed by atoms with E-state index in [1.54, 1.807) is 45.9 Å². The average Bonchev–Trinajstić information content (AvgIpc) is 3.40. The monoisotopic (exact) mass is 760 g/mol. The number of rotatable bonds is 7. The van der Waals surface area contributed by atoms with Crippen molar-refractivity contribution < 1.29 is 50.1 Å². The summed E-state index contributed by atoms with van der Waals surface area (Å²) in [6, 6.07) is 7.09. The predicted octanol–water partition coefficient (Wildman–Crippen LogP) is 7.99. The summed E-state index contributed by atoms with van der Waals surface area (Å²) in [5.74, 6) is -2.37. The second-order valence-corrected chi connectivity index (χ2v) is 13.7. The van der Waals surface area contributed by atoms with Crippen molar-refractivity contribution in [2.24, 2.45) is 5.92 Å². The van der Waals surface area contributed by atoms with Gasteiger partial charge in [-0.05, 0) is 86.6 Å². The number of benzene rings is 2. The summed E-state index contributed by atoms with van der Waals surface area (Å²) < 4.78 is 103. The maximum Gasteiger partial charge on any atom is 0.452 e. The molecule has 3 heterocycles. The molecule has 2 atom stereocenters. The Labute approximate surface area is 287 Å². The molecule has 0 saturated carbocycles. The van der Waals surface area contributed by atoms with Gasteiger partial charge in [0.05, 0.1) is 28.8 Å². The van der Waals surface area contributed by atoms with Crippen LogP contribution in [-0.4, -0.2) is 56.8 Å². The van der Waals surface area contributed by atoms with Crippen LogP contribution in [0.5, 0.6) is 5.75 Å². The number of amides is 1. The first-order valence-corrected chi connectivity index (χ1v) is 16.5. The molecule has 0 spiro atoms. The molecule has 1 saturated heterocycles. The van der Waals surface area contributed by atoms with E-state index < -0.39 is 53.9 Å². The lowest BCUT2D eigenvalue weighted by atomic mass is 9.93. The van der Waals surface area contributed by atoms with Crippen molar-refractivity contribution in [2.45, 2.75) is 83.5 Å². The van der Waals surface area contributed by atoms with Gasteiger partial charge in [0, 0.05) is 30.6 Å². The Balaban J connectivity index is 1.52. The molecule has 49 heavy (non-hydrogen) atoms. The zero-order chi connectivity index (χ0) is 35.9. The molecule has 9 nitrogen and oxygen atoms in total. The van der Waals surface area contributed by atoms with Gasteiger partial charge in [-0.25, -0.2) is 0 Å². The highest BCUT2D eigenvalue weighted by atomic mass is 79.9. The van der Waals surface area contributed by atoms with E-state index in [4.69, 9.17) is 14.2 Å². The standard InChI is InChI=1S/C33H35BrF6N4O5/c1-5-47-23-8-6-7-20(27(23)34)28-21-16-19(32(35,36)37)9-10-22(21)44-29(41-42-30(44)33(38,39)40)24(48-28)17-25(45)43-13-11-18(12-14-43)15-26(46)49-31(2,3)4/h6-10,16,18,24,28H,5,11-15,17H2,1-4H3/t24-,28-/m1/s1. The fraction of sp³-hybridized carbons (Fsp3) is 0.515. The van der Waals surface area contributed by atoms with Crippen LogP contribution < -0.4 is 4.74 Å². The Morgan fingerprint density at radius 2 is 1.65 bits per heavy atom. The van der Waals surface area contributed by atoms with Gasteiger partial charge in [0.25, 0.3) is 0 Å². The summed E-state index contributed by atoms with van der Waals surface area (Å²) in [5, 5.41) is 7.15. The lowest BCUT2D eigenvalue weighted by Gasteiger charge is -2.33. The van der Waals surface area contributed by atoms with Crippen molar-refractivity contribution in [1.82, 2.24) is 19.7 Å². The highest BCUT2D eigenvalue weighted by Crippen LogP contribution is 2.47. The molecule has 1 fully saturated rings. The SMILES string of the molecule is CCOc1cccc([C@H]2O[C@H](CC(=O)N3CCC(CC(=O)OC(C)(C)C)CC3)c3nnc(C(F)(F)F)n3-c3ccc(C(F)(F)F)cc32)c1Br. The quantitative estimate of drug-likeness (QED) is 0.178. The first kappa shape index (κ1) is 36.6. The van der Waals surface area contributed by atoms with Gasteiger partial charge >= 0.3 is 18.3 Å². The third-order valence-corrected chi connectivity index (χ3v) is 9.03. The molecule has 1 aromatic heterocycles. The zero-order valence-electron chi connectivity index (χ0n) is 27.1. The molecule has 1 amide bonds. The molecule has 0 unspecified atom stereocenters. The third-order valence-electron chi connectivity index (χ3n) is 8.19. The van der Waals surface area contributed by atoms with Crippen LogP contribution in [0.15, 0.2) is 40.9 Å². The molecule has 0 N–H and O–H groups in total. The molecule has 5 rings (SSSR count). The number of hydrogen-bond acceptors (Lipinski definition) is 7. The topological polar surface area (TPSA) is 95.8 Å². The summed E-state index contributed by atoms with van der Waals surface area (Å²) in [5.41, 5.74) is -2.00. The van der Waals surface area contributed by atoms with E-state index in [-0.39, 0.29) is 60.6 Å². The van der Waals surface area contributed by atoms with Gasteiger partial charge in [-0.15, -0.1) is 10.2 Å². The van der Waals surface area contributed by atoms with Gasteiger partial charge in [0.1, 0.15) is 23.6 Å². The molecule has 0 radical (unpaired) electrons. The van der Waals surface area contributed by atoms with Crippen LogP contribution in [0, 0.1) is 5.92 Å². The van der Waals surface area contributed by atoms with Crippen LogP contribution in [0.1, 0.15) is 93.9 Å². The molecule has 16 heteroatoms. The maximum atomic E-state index is 14.3. The summed E-state index contributed by atoms with van der Waals surface area (Å²) in [7, 11) is 0. The van der Waals surface area contributed by atoms with E-state index in [9.17, 15) is 35.9 Å². The van der Waals surface area contributed by atoms with E-state index in [0.29, 0.717) is 33.7 Å². The predicted molar refractivity (Wildman–Crippen MR) is 167 cm³/mol. The van der Waals surface area contributed by atoms with Crippen molar-refractivity contribution >= 4 is 27.8 Å². The normalized spacial score (nSPS) is 18.8. The molecular weight excluding hydrogens is 726 g/mol. The minimum atomic E-state index is -5.05. The van der Waals surface area contributed by atoms with Gasteiger partial charge < -0.3 is 19.1 Å². The van der Waals surface area contributed by atoms with E-state index in [0.717, 1.165) is 12.1 Å². The Bertz CT molecular complexity index is 1700. The molecule has 2 aliphatic heterocycles. The van der Waals surface area contributed by atoms with Crippen molar-refractivity contribution in [3.05, 3.63) is 69.2 Å². The minimum Gasteiger partial charge on any atom is -0.493 e. The van der Waals surface area contributed by atoms with Crippen LogP contribution in [0.4, 0.5) is 26.3 Å². The van der Waals surface area contributed by atoms with Crippen LogP contribution in [0.3, 0.4) is 0 Å². The first-order valence-electron chi connectivity index (χ1n) is 15.7. The van der Waals surface area contributed by atoms with Gasteiger partial charge in [-0.2, -0.15) is 26.3 Å². The molecule has 2 aromatic carbocycles. The number of carbonyl (C=O) groups is 2. The Kier molecular flexibility index (Phi) is 10.4. The minimum absolute atomic E-state index is 0.0258. The van der Waals surface area contributed by atoms with Crippen molar-refractivity contribution in [1.29, 1.82) is 0 Å². The third kappa shape index (κ3) is 8.22. The largest absolute Gasteiger partial charge is 0.493 e. The van der Waals surface area contributed by atoms with E-state index in [1.807, 2.05) is 0 Å². The first-order chi connectivity index (χ1) is 22.9. The molecule has 266 valence electrons. The Hall–Kier alpha value is -3.66. The Morgan fingerprint density at radius 3 is 2.27 bits per heavy atom. The molecule has 2 aliphatic rings. The highest BCUT2D eigenvalue weighted by Gasteiger charge is 2.45. The van der Waals surface area contributed by atoms with Crippen LogP contribution in [0.25, 0.3) is 5.69 Å². The summed E-state index contributed by atoms with van der Waals surface area (Å²) >= 11 is 3.45. The van der Waals surface area contributed by atoms with E-state index in [2.05, 4.69) is 26.1 Å². The number of fused-ring (bicyclic) bond motifs is 3. The lowest BCUT2D eigenvalue weighted by molar-refractivity contribution is -0.156. The van der Waals surface area contributed by atoms with Crippen molar-refractivity contribution in [2.75, 3.05) is 19.7 Å². The summed E-state index contributed by atoms with van der Waals surface area (Å²) in [6.07, 6.45) is -12.0. The zero-order valence-corrected chi connectivity index (χ0v) is 28.7. The van der Waals surface area contributed by atoms with Crippen molar-refractivity contribution in [3.63, 3.8) is 0 Å². The highest BCUT2D eigenvalue weighted by molar-refractivity contribution is 9.10. The van der Waals surface area contributed by atoms with Crippen molar-refractivity contribution in [3.8, 4) is 11.4 Å². The Morgan fingerprint density at radius 1 is 0.959 bits per heavy atom. The molecular formula is C33H35BrF6N4O5. The number of esters is 1. The fourth-order valence-corrected chi connectivity index (χ4v) is 6.63. The molecule has 0 bridgehead atoms. The van der Waals surface area contributed by atoms with E-state index >= 15 is 0 Å². The average molecular weight is 762 g/mol. The van der Waals surface area contributed by atoms with Crippen LogP contribution in [0.2, 0.25) is 0 Å². The number of likely N-dealkylation sites (tertiary alicyclic amines) is 1. The van der Waals surface area contributed by atoms with Crippen LogP contribution in [-0.2, 0) is 31.4 Å². The van der Waals surface area contributed by atoms with Gasteiger partial charge in [-0.1, -0.05) is 12.1 Å². The van der Waals surface area contributed by atoms with Crippen LogP contribution >= 0.6 is 15.9 Å². The number of aromatic nitrogens is 3. The van der Waals surface area contributed by atoms with E-state index in [1.165, 1.54) is 4.90 Å². The second kappa shape index (κ2) is 13.9. The van der Waals surface area contributed by atoms with Gasteiger partial charge in [0.15, 0.2) is 5.82 Å². The molecule has 0 aliphatic carbocycles. The summed E-state index contributed by atoms with van der Waals surface area (Å²) in [4.78, 5) is 27.6. The fourth-order valence-electron chi connectivity index (χ4n) is 6.04. The lowest BCUT2D eigenvalue weighted by Crippen LogP contribution is -2.40. The smallest absolute Gasteiger partial charge is 0.452 e. The number of ether oxygens (including phenoxy) is 3. The number of nitrogens with zero attached hydrogens (tertiary/aromatic N) is 4. The number of piperidine rings is 1. The summed E-state index contributed by atoms with van der Waals surface area (Å²) in [6.45, 7) is 7.86. The molecule has 3 aromatic rings. The second-order valence-electron chi connectivity index (χ2n) is 12.9. The maximum absolute atomic E-state index is 14.3. The number of hydrogen-bond donors (Lipinski definition) is 0. The van der Waals surface area contributed by atoms with Gasteiger partial charge in [0.2, 0.25) is 11.7 Å².